The largest absolute Gasteiger partial charge is 0.337 e. The summed E-state index contributed by atoms with van der Waals surface area (Å²) in [6, 6.07) is 0. The molecule has 1 unspecified atom stereocenters. The topological polar surface area (TPSA) is 41.5 Å². The maximum Gasteiger partial charge on any atom is 0.224 e. The van der Waals surface area contributed by atoms with E-state index in [4.69, 9.17) is 0 Å². The fraction of sp³-hybridized carbons (Fsp3) is 0.818. The number of hydrogen-bond acceptors (Lipinski definition) is 2. The van der Waals surface area contributed by atoms with Crippen molar-refractivity contribution in [3.05, 3.63) is 0 Å². The van der Waals surface area contributed by atoms with Crippen molar-refractivity contribution in [1.82, 2.24) is 5.32 Å². The minimum Gasteiger partial charge on any atom is -0.337 e. The minimum atomic E-state index is 0.113. The molecule has 1 amide bonds. The van der Waals surface area contributed by atoms with Crippen molar-refractivity contribution in [1.29, 1.82) is 0 Å². The second kappa shape index (κ2) is 7.54. The van der Waals surface area contributed by atoms with Crippen molar-refractivity contribution in [3.63, 3.8) is 0 Å². The summed E-state index contributed by atoms with van der Waals surface area (Å²) in [7, 11) is 0. The molecule has 0 heterocycles. The van der Waals surface area contributed by atoms with Crippen LogP contribution in [0.2, 0.25) is 0 Å². The van der Waals surface area contributed by atoms with Gasteiger partial charge in [0.05, 0.1) is 0 Å². The summed E-state index contributed by atoms with van der Waals surface area (Å²) in [5.74, 6) is 0.228. The lowest BCUT2D eigenvalue weighted by Crippen LogP contribution is -2.29. The molecular formula is C11H22N2O. The van der Waals surface area contributed by atoms with Gasteiger partial charge in [-0.25, -0.2) is 0 Å². The van der Waals surface area contributed by atoms with Gasteiger partial charge in [0.15, 0.2) is 0 Å². The van der Waals surface area contributed by atoms with Gasteiger partial charge in [0, 0.05) is 11.6 Å². The molecular weight excluding hydrogens is 176 g/mol. The zero-order chi connectivity index (χ0) is 11.0. The van der Waals surface area contributed by atoms with Gasteiger partial charge in [0.25, 0.3) is 0 Å². The summed E-state index contributed by atoms with van der Waals surface area (Å²) in [4.78, 5) is 15.6. The first-order valence-corrected chi connectivity index (χ1v) is 5.33. The van der Waals surface area contributed by atoms with E-state index in [0.717, 1.165) is 25.0 Å². The Balaban J connectivity index is 3.67. The first kappa shape index (κ1) is 13.1. The van der Waals surface area contributed by atoms with Crippen molar-refractivity contribution < 1.29 is 4.79 Å². The Morgan fingerprint density at radius 3 is 2.57 bits per heavy atom. The quantitative estimate of drug-likeness (QED) is 0.654. The molecule has 0 radical (unpaired) electrons. The number of carbonyl (C=O) groups is 1. The average molecular weight is 198 g/mol. The van der Waals surface area contributed by atoms with E-state index in [2.05, 4.69) is 17.2 Å². The highest BCUT2D eigenvalue weighted by Crippen LogP contribution is 2.06. The van der Waals surface area contributed by atoms with E-state index >= 15 is 0 Å². The predicted molar refractivity (Wildman–Crippen MR) is 60.5 cm³/mol. The van der Waals surface area contributed by atoms with E-state index < -0.39 is 0 Å². The van der Waals surface area contributed by atoms with E-state index in [1.807, 2.05) is 20.8 Å². The molecule has 1 atom stereocenters. The molecule has 0 aromatic heterocycles. The van der Waals surface area contributed by atoms with E-state index in [1.54, 1.807) is 0 Å². The van der Waals surface area contributed by atoms with Crippen LogP contribution in [0.15, 0.2) is 4.99 Å². The smallest absolute Gasteiger partial charge is 0.224 e. The fourth-order valence-electron chi connectivity index (χ4n) is 1.09. The number of amides is 1. The number of nitrogens with one attached hydrogen (secondary N) is 1. The molecule has 0 fully saturated rings. The standard InChI is InChI=1S/C11H22N2O/c1-5-6-7-10(4)11(14)13-8-12-9(2)3/h10H,5-8H2,1-4H3,(H,13,14). The van der Waals surface area contributed by atoms with Gasteiger partial charge in [-0.2, -0.15) is 0 Å². The number of aliphatic imine (C=N–C) groups is 1. The molecule has 14 heavy (non-hydrogen) atoms. The van der Waals surface area contributed by atoms with Crippen molar-refractivity contribution in [3.8, 4) is 0 Å². The van der Waals surface area contributed by atoms with Crippen molar-refractivity contribution in [2.45, 2.75) is 47.0 Å². The minimum absolute atomic E-state index is 0.113. The third-order valence-corrected chi connectivity index (χ3v) is 2.09. The number of nitrogens with zero attached hydrogens (tertiary/aromatic N) is 1. The number of hydrogen-bond donors (Lipinski definition) is 1. The van der Waals surface area contributed by atoms with Crippen LogP contribution in [0.1, 0.15) is 47.0 Å². The lowest BCUT2D eigenvalue weighted by Gasteiger charge is -2.09. The first-order chi connectivity index (χ1) is 6.57. The molecule has 0 aromatic carbocycles. The summed E-state index contributed by atoms with van der Waals surface area (Å²) in [5.41, 5.74) is 0.992. The van der Waals surface area contributed by atoms with E-state index in [0.29, 0.717) is 6.67 Å². The fourth-order valence-corrected chi connectivity index (χ4v) is 1.09. The molecule has 3 nitrogen and oxygen atoms in total. The molecule has 0 saturated heterocycles. The van der Waals surface area contributed by atoms with Crippen LogP contribution in [-0.4, -0.2) is 18.3 Å². The Hall–Kier alpha value is -0.860. The number of carbonyl (C=O) groups excluding carboxylic acids is 1. The van der Waals surface area contributed by atoms with Gasteiger partial charge in [-0.15, -0.1) is 0 Å². The normalized spacial score (nSPS) is 12.0. The van der Waals surface area contributed by atoms with Crippen molar-refractivity contribution >= 4 is 11.6 Å². The predicted octanol–water partition coefficient (Wildman–Crippen LogP) is 2.37. The van der Waals surface area contributed by atoms with Crippen LogP contribution in [0.5, 0.6) is 0 Å². The average Bonchev–Trinajstić information content (AvgIpc) is 2.13. The molecule has 1 N–H and O–H groups in total. The van der Waals surface area contributed by atoms with Gasteiger partial charge < -0.3 is 5.32 Å². The number of rotatable bonds is 6. The molecule has 0 aliphatic carbocycles. The summed E-state index contributed by atoms with van der Waals surface area (Å²) in [6.45, 7) is 8.36. The Labute approximate surface area is 87.0 Å². The lowest BCUT2D eigenvalue weighted by molar-refractivity contribution is -0.124. The third kappa shape index (κ3) is 6.63. The number of unbranched alkanes of at least 4 members (excludes halogenated alkanes) is 1. The highest BCUT2D eigenvalue weighted by atomic mass is 16.1. The Morgan fingerprint density at radius 1 is 1.43 bits per heavy atom. The van der Waals surface area contributed by atoms with Crippen molar-refractivity contribution in [2.24, 2.45) is 10.9 Å². The van der Waals surface area contributed by atoms with Crippen LogP contribution in [0.3, 0.4) is 0 Å². The molecule has 0 rings (SSSR count). The van der Waals surface area contributed by atoms with Gasteiger partial charge in [-0.05, 0) is 20.3 Å². The Kier molecular flexibility index (Phi) is 7.07. The zero-order valence-corrected chi connectivity index (χ0v) is 9.76. The van der Waals surface area contributed by atoms with Gasteiger partial charge in [-0.3, -0.25) is 9.79 Å². The van der Waals surface area contributed by atoms with Crippen LogP contribution < -0.4 is 5.32 Å². The molecule has 0 aliphatic rings. The van der Waals surface area contributed by atoms with Gasteiger partial charge in [-0.1, -0.05) is 26.7 Å². The monoisotopic (exact) mass is 198 g/mol. The summed E-state index contributed by atoms with van der Waals surface area (Å²) >= 11 is 0. The molecule has 0 spiro atoms. The maximum atomic E-state index is 11.5. The summed E-state index contributed by atoms with van der Waals surface area (Å²) < 4.78 is 0. The van der Waals surface area contributed by atoms with Crippen LogP contribution in [0, 0.1) is 5.92 Å². The molecule has 0 bridgehead atoms. The molecule has 3 heteroatoms. The van der Waals surface area contributed by atoms with Gasteiger partial charge in [0.2, 0.25) is 5.91 Å². The highest BCUT2D eigenvalue weighted by molar-refractivity contribution is 5.80. The SMILES string of the molecule is CCCCC(C)C(=O)NCN=C(C)C. The molecule has 0 saturated carbocycles. The first-order valence-electron chi connectivity index (χ1n) is 5.33. The Bertz CT molecular complexity index is 195. The Morgan fingerprint density at radius 2 is 2.07 bits per heavy atom. The lowest BCUT2D eigenvalue weighted by atomic mass is 10.0. The molecule has 0 aliphatic heterocycles. The van der Waals surface area contributed by atoms with Crippen LogP contribution in [0.4, 0.5) is 0 Å². The third-order valence-electron chi connectivity index (χ3n) is 2.09. The van der Waals surface area contributed by atoms with Crippen LogP contribution >= 0.6 is 0 Å². The molecule has 0 aromatic rings. The van der Waals surface area contributed by atoms with E-state index in [1.165, 1.54) is 0 Å². The van der Waals surface area contributed by atoms with E-state index in [-0.39, 0.29) is 11.8 Å². The van der Waals surface area contributed by atoms with Gasteiger partial charge in [0.1, 0.15) is 6.67 Å². The molecule has 82 valence electrons. The highest BCUT2D eigenvalue weighted by Gasteiger charge is 2.10. The van der Waals surface area contributed by atoms with Gasteiger partial charge >= 0.3 is 0 Å². The summed E-state index contributed by atoms with van der Waals surface area (Å²) in [6.07, 6.45) is 3.23. The van der Waals surface area contributed by atoms with E-state index in [9.17, 15) is 4.79 Å². The van der Waals surface area contributed by atoms with Crippen molar-refractivity contribution in [2.75, 3.05) is 6.67 Å². The maximum absolute atomic E-state index is 11.5. The van der Waals surface area contributed by atoms with Crippen LogP contribution in [-0.2, 0) is 4.79 Å². The summed E-state index contributed by atoms with van der Waals surface area (Å²) in [5, 5.41) is 2.80. The second-order valence-electron chi connectivity index (χ2n) is 3.85. The zero-order valence-electron chi connectivity index (χ0n) is 9.76. The van der Waals surface area contributed by atoms with Crippen LogP contribution in [0.25, 0.3) is 0 Å². The second-order valence-corrected chi connectivity index (χ2v) is 3.85.